The minimum atomic E-state index is -0.138. The Bertz CT molecular complexity index is 787. The molecule has 0 aliphatic rings. The predicted octanol–water partition coefficient (Wildman–Crippen LogP) is 2.19. The van der Waals surface area contributed by atoms with Gasteiger partial charge >= 0.3 is 0 Å². The van der Waals surface area contributed by atoms with E-state index in [2.05, 4.69) is 29.2 Å². The molecule has 0 bridgehead atoms. The SMILES string of the molecule is CC(C)[C@@H](NC(=O)c1cnn2ccn(C)c12)c1ccccn1. The Morgan fingerprint density at radius 1 is 1.27 bits per heavy atom. The smallest absolute Gasteiger partial charge is 0.257 e. The first-order valence-corrected chi connectivity index (χ1v) is 7.28. The molecular weight excluding hydrogens is 278 g/mol. The lowest BCUT2D eigenvalue weighted by molar-refractivity contribution is 0.0925. The summed E-state index contributed by atoms with van der Waals surface area (Å²) < 4.78 is 3.58. The van der Waals surface area contributed by atoms with Crippen molar-refractivity contribution in [3.63, 3.8) is 0 Å². The molecule has 6 heteroatoms. The number of hydrogen-bond acceptors (Lipinski definition) is 3. The number of pyridine rings is 1. The van der Waals surface area contributed by atoms with Crippen LogP contribution in [0.3, 0.4) is 0 Å². The minimum absolute atomic E-state index is 0.135. The highest BCUT2D eigenvalue weighted by molar-refractivity contribution is 6.00. The quantitative estimate of drug-likeness (QED) is 0.803. The van der Waals surface area contributed by atoms with Crippen LogP contribution in [0, 0.1) is 5.92 Å². The summed E-state index contributed by atoms with van der Waals surface area (Å²) in [6, 6.07) is 5.60. The standard InChI is InChI=1S/C16H19N5O/c1-11(2)14(13-6-4-5-7-17-13)19-15(22)12-10-18-21-9-8-20(3)16(12)21/h4-11,14H,1-3H3,(H,19,22)/t14-/m1/s1. The zero-order valence-electron chi connectivity index (χ0n) is 12.9. The summed E-state index contributed by atoms with van der Waals surface area (Å²) in [5.41, 5.74) is 2.20. The fourth-order valence-corrected chi connectivity index (χ4v) is 2.57. The summed E-state index contributed by atoms with van der Waals surface area (Å²) in [4.78, 5) is 17.0. The van der Waals surface area contributed by atoms with Crippen LogP contribution in [0.25, 0.3) is 5.65 Å². The number of carbonyl (C=O) groups excluding carboxylic acids is 1. The van der Waals surface area contributed by atoms with E-state index in [1.165, 1.54) is 0 Å². The van der Waals surface area contributed by atoms with Gasteiger partial charge < -0.3 is 9.88 Å². The second-order valence-electron chi connectivity index (χ2n) is 5.69. The summed E-state index contributed by atoms with van der Waals surface area (Å²) in [7, 11) is 1.90. The molecule has 0 fully saturated rings. The molecule has 0 spiro atoms. The van der Waals surface area contributed by atoms with Crippen molar-refractivity contribution < 1.29 is 4.79 Å². The average Bonchev–Trinajstić information content (AvgIpc) is 3.08. The number of nitrogens with one attached hydrogen (secondary N) is 1. The Morgan fingerprint density at radius 2 is 2.09 bits per heavy atom. The first-order chi connectivity index (χ1) is 10.6. The molecule has 3 aromatic rings. The first-order valence-electron chi connectivity index (χ1n) is 7.28. The molecule has 0 saturated carbocycles. The summed E-state index contributed by atoms with van der Waals surface area (Å²) >= 11 is 0. The van der Waals surface area contributed by atoms with Crippen LogP contribution < -0.4 is 5.32 Å². The third-order valence-electron chi connectivity index (χ3n) is 3.74. The fraction of sp³-hybridized carbons (Fsp3) is 0.312. The van der Waals surface area contributed by atoms with Crippen LogP contribution in [0.5, 0.6) is 0 Å². The zero-order valence-corrected chi connectivity index (χ0v) is 12.9. The molecule has 0 unspecified atom stereocenters. The molecule has 0 saturated heterocycles. The van der Waals surface area contributed by atoms with Crippen LogP contribution in [0.15, 0.2) is 43.0 Å². The lowest BCUT2D eigenvalue weighted by Gasteiger charge is -2.21. The molecule has 3 aromatic heterocycles. The Balaban J connectivity index is 1.90. The second kappa shape index (κ2) is 5.63. The van der Waals surface area contributed by atoms with Gasteiger partial charge in [0.25, 0.3) is 5.91 Å². The number of aryl methyl sites for hydroxylation is 1. The van der Waals surface area contributed by atoms with Crippen LogP contribution in [-0.4, -0.2) is 25.1 Å². The Labute approximate surface area is 128 Å². The Kier molecular flexibility index (Phi) is 3.66. The van der Waals surface area contributed by atoms with Gasteiger partial charge in [-0.05, 0) is 18.1 Å². The number of rotatable bonds is 4. The number of nitrogens with zero attached hydrogens (tertiary/aromatic N) is 4. The number of carbonyl (C=O) groups is 1. The van der Waals surface area contributed by atoms with Crippen LogP contribution in [0.4, 0.5) is 0 Å². The predicted molar refractivity (Wildman–Crippen MR) is 83.4 cm³/mol. The van der Waals surface area contributed by atoms with Gasteiger partial charge in [-0.25, -0.2) is 4.52 Å². The van der Waals surface area contributed by atoms with Gasteiger partial charge in [0, 0.05) is 25.6 Å². The van der Waals surface area contributed by atoms with Crippen molar-refractivity contribution in [2.75, 3.05) is 0 Å². The molecule has 3 heterocycles. The van der Waals surface area contributed by atoms with Crippen LogP contribution >= 0.6 is 0 Å². The van der Waals surface area contributed by atoms with Gasteiger partial charge in [-0.1, -0.05) is 19.9 Å². The zero-order chi connectivity index (χ0) is 15.7. The minimum Gasteiger partial charge on any atom is -0.343 e. The molecule has 6 nitrogen and oxygen atoms in total. The van der Waals surface area contributed by atoms with Crippen LogP contribution in [-0.2, 0) is 7.05 Å². The Hall–Kier alpha value is -2.63. The lowest BCUT2D eigenvalue weighted by atomic mass is 10.00. The number of amides is 1. The Morgan fingerprint density at radius 3 is 2.77 bits per heavy atom. The van der Waals surface area contributed by atoms with Gasteiger partial charge in [-0.15, -0.1) is 0 Å². The molecule has 0 aliphatic heterocycles. The van der Waals surface area contributed by atoms with E-state index in [1.54, 1.807) is 16.9 Å². The molecule has 0 aliphatic carbocycles. The van der Waals surface area contributed by atoms with Gasteiger partial charge in [0.15, 0.2) is 0 Å². The van der Waals surface area contributed by atoms with Gasteiger partial charge in [-0.2, -0.15) is 5.10 Å². The van der Waals surface area contributed by atoms with Gasteiger partial charge in [-0.3, -0.25) is 9.78 Å². The van der Waals surface area contributed by atoms with Crippen LogP contribution in [0.1, 0.15) is 35.9 Å². The molecular formula is C16H19N5O. The number of aromatic nitrogens is 4. The molecule has 22 heavy (non-hydrogen) atoms. The maximum Gasteiger partial charge on any atom is 0.257 e. The highest BCUT2D eigenvalue weighted by atomic mass is 16.1. The first kappa shape index (κ1) is 14.3. The number of hydrogen-bond donors (Lipinski definition) is 1. The summed E-state index contributed by atoms with van der Waals surface area (Å²) in [6.07, 6.45) is 7.04. The lowest BCUT2D eigenvalue weighted by Crippen LogP contribution is -2.32. The van der Waals surface area contributed by atoms with E-state index in [0.29, 0.717) is 5.56 Å². The third kappa shape index (κ3) is 2.47. The van der Waals surface area contributed by atoms with Crippen LogP contribution in [0.2, 0.25) is 0 Å². The molecule has 1 N–H and O–H groups in total. The van der Waals surface area contributed by atoms with Crippen molar-refractivity contribution in [1.29, 1.82) is 0 Å². The van der Waals surface area contributed by atoms with Gasteiger partial charge in [0.05, 0.1) is 17.9 Å². The fourth-order valence-electron chi connectivity index (χ4n) is 2.57. The molecule has 0 radical (unpaired) electrons. The van der Waals surface area contributed by atoms with Crippen molar-refractivity contribution in [3.8, 4) is 0 Å². The topological polar surface area (TPSA) is 64.2 Å². The normalized spacial score (nSPS) is 12.7. The number of fused-ring (bicyclic) bond motifs is 1. The maximum absolute atomic E-state index is 12.7. The number of imidazole rings is 1. The monoisotopic (exact) mass is 297 g/mol. The molecule has 1 amide bonds. The second-order valence-corrected chi connectivity index (χ2v) is 5.69. The molecule has 0 aromatic carbocycles. The van der Waals surface area contributed by atoms with E-state index in [-0.39, 0.29) is 17.9 Å². The summed E-state index contributed by atoms with van der Waals surface area (Å²) in [5.74, 6) is 0.0967. The van der Waals surface area contributed by atoms with E-state index >= 15 is 0 Å². The van der Waals surface area contributed by atoms with Gasteiger partial charge in [0.2, 0.25) is 0 Å². The van der Waals surface area contributed by atoms with E-state index in [0.717, 1.165) is 11.3 Å². The third-order valence-corrected chi connectivity index (χ3v) is 3.74. The summed E-state index contributed by atoms with van der Waals surface area (Å²) in [5, 5.41) is 7.28. The average molecular weight is 297 g/mol. The van der Waals surface area contributed by atoms with E-state index in [9.17, 15) is 4.79 Å². The molecule has 1 atom stereocenters. The maximum atomic E-state index is 12.7. The van der Waals surface area contributed by atoms with Crippen molar-refractivity contribution in [2.45, 2.75) is 19.9 Å². The van der Waals surface area contributed by atoms with Crippen molar-refractivity contribution >= 4 is 11.6 Å². The van der Waals surface area contributed by atoms with Crippen molar-refractivity contribution in [1.82, 2.24) is 24.5 Å². The highest BCUT2D eigenvalue weighted by Crippen LogP contribution is 2.21. The van der Waals surface area contributed by atoms with Gasteiger partial charge in [0.1, 0.15) is 11.2 Å². The van der Waals surface area contributed by atoms with E-state index in [4.69, 9.17) is 0 Å². The van der Waals surface area contributed by atoms with E-state index in [1.807, 2.05) is 42.2 Å². The largest absolute Gasteiger partial charge is 0.343 e. The molecule has 3 rings (SSSR count). The summed E-state index contributed by atoms with van der Waals surface area (Å²) in [6.45, 7) is 4.13. The van der Waals surface area contributed by atoms with Crippen molar-refractivity contribution in [2.24, 2.45) is 13.0 Å². The van der Waals surface area contributed by atoms with Crippen molar-refractivity contribution in [3.05, 3.63) is 54.2 Å². The van der Waals surface area contributed by atoms with E-state index < -0.39 is 0 Å². The highest BCUT2D eigenvalue weighted by Gasteiger charge is 2.22. The molecule has 114 valence electrons.